The van der Waals surface area contributed by atoms with Crippen molar-refractivity contribution in [3.8, 4) is 0 Å². The Balaban J connectivity index is 1.55. The SMILES string of the molecule is CC1=C(/C=C/C(C)=C/C=C/C(C)=C/C(=O)Nc2ccc([C@@H]3OC[C@@H](O)[C@H](O)[C@H]3O)cc2)C(C)(C)CCC1. The molecule has 0 spiro atoms. The molecule has 1 aromatic rings. The fourth-order valence-electron chi connectivity index (χ4n) is 4.92. The summed E-state index contributed by atoms with van der Waals surface area (Å²) in [6.45, 7) is 10.8. The number of nitrogens with one attached hydrogen (secondary N) is 1. The molecule has 1 amide bonds. The van der Waals surface area contributed by atoms with Crippen molar-refractivity contribution in [3.63, 3.8) is 0 Å². The molecule has 6 nitrogen and oxygen atoms in total. The molecule has 1 heterocycles. The minimum Gasteiger partial charge on any atom is -0.388 e. The number of carbonyl (C=O) groups is 1. The van der Waals surface area contributed by atoms with Crippen molar-refractivity contribution in [1.29, 1.82) is 0 Å². The number of aliphatic hydroxyl groups is 3. The fourth-order valence-corrected chi connectivity index (χ4v) is 4.92. The number of benzene rings is 1. The Hall–Kier alpha value is -2.77. The first-order valence-corrected chi connectivity index (χ1v) is 13.0. The molecule has 1 saturated heterocycles. The summed E-state index contributed by atoms with van der Waals surface area (Å²) in [5.41, 5.74) is 6.36. The Labute approximate surface area is 220 Å². The van der Waals surface area contributed by atoms with Crippen molar-refractivity contribution in [2.45, 2.75) is 78.3 Å². The molecule has 3 rings (SSSR count). The lowest BCUT2D eigenvalue weighted by Gasteiger charge is -2.35. The summed E-state index contributed by atoms with van der Waals surface area (Å²) >= 11 is 0. The molecular formula is C31H41NO5. The standard InChI is InChI=1S/C31H41NO5/c1-20(11-16-25-22(3)10-7-17-31(25,4)5)8-6-9-21(2)18-27(34)32-24-14-12-23(13-15-24)30-29(36)28(35)26(33)19-37-30/h6,8-9,11-16,18,26,28-30,33,35-36H,7,10,17,19H2,1-5H3,(H,32,34)/b9-6+,16-11+,20-8+,21-18+/t26-,28+,29-,30+/m1/s1. The van der Waals surface area contributed by atoms with Crippen LogP contribution in [0.25, 0.3) is 0 Å². The van der Waals surface area contributed by atoms with Crippen LogP contribution in [-0.4, -0.2) is 46.1 Å². The molecule has 0 saturated carbocycles. The summed E-state index contributed by atoms with van der Waals surface area (Å²) in [5.74, 6) is -0.245. The third-order valence-electron chi connectivity index (χ3n) is 7.14. The van der Waals surface area contributed by atoms with E-state index in [9.17, 15) is 20.1 Å². The quantitative estimate of drug-likeness (QED) is 0.296. The van der Waals surface area contributed by atoms with Crippen LogP contribution in [0.15, 0.2) is 83.0 Å². The van der Waals surface area contributed by atoms with Crippen molar-refractivity contribution >= 4 is 11.6 Å². The lowest BCUT2D eigenvalue weighted by Crippen LogP contribution is -2.48. The van der Waals surface area contributed by atoms with Gasteiger partial charge in [-0.3, -0.25) is 4.79 Å². The summed E-state index contributed by atoms with van der Waals surface area (Å²) in [7, 11) is 0. The van der Waals surface area contributed by atoms with Crippen molar-refractivity contribution in [2.24, 2.45) is 5.41 Å². The summed E-state index contributed by atoms with van der Waals surface area (Å²) < 4.78 is 5.47. The second-order valence-electron chi connectivity index (χ2n) is 10.8. The minimum absolute atomic E-state index is 0.0557. The molecule has 0 unspecified atom stereocenters. The van der Waals surface area contributed by atoms with E-state index in [0.29, 0.717) is 11.3 Å². The maximum atomic E-state index is 12.4. The molecule has 4 N–H and O–H groups in total. The van der Waals surface area contributed by atoms with Gasteiger partial charge in [0.15, 0.2) is 0 Å². The lowest BCUT2D eigenvalue weighted by atomic mass is 9.72. The molecule has 1 fully saturated rings. The number of ether oxygens (including phenoxy) is 1. The van der Waals surface area contributed by atoms with Gasteiger partial charge in [-0.25, -0.2) is 0 Å². The summed E-state index contributed by atoms with van der Waals surface area (Å²) in [5, 5.41) is 32.5. The van der Waals surface area contributed by atoms with E-state index in [1.54, 1.807) is 24.3 Å². The van der Waals surface area contributed by atoms with E-state index in [-0.39, 0.29) is 17.9 Å². The van der Waals surface area contributed by atoms with Gasteiger partial charge in [-0.1, -0.05) is 67.5 Å². The third-order valence-corrected chi connectivity index (χ3v) is 7.14. The topological polar surface area (TPSA) is 99.0 Å². The molecule has 0 radical (unpaired) electrons. The van der Waals surface area contributed by atoms with Crippen molar-refractivity contribution in [3.05, 3.63) is 88.6 Å². The second-order valence-corrected chi connectivity index (χ2v) is 10.8. The normalized spacial score (nSPS) is 27.2. The Morgan fingerprint density at radius 1 is 1.05 bits per heavy atom. The molecule has 2 aliphatic rings. The van der Waals surface area contributed by atoms with Gasteiger partial charge in [-0.2, -0.15) is 0 Å². The van der Waals surface area contributed by atoms with Crippen LogP contribution < -0.4 is 5.32 Å². The molecule has 37 heavy (non-hydrogen) atoms. The number of aliphatic hydroxyl groups excluding tert-OH is 3. The van der Waals surface area contributed by atoms with Gasteiger partial charge in [-0.05, 0) is 74.3 Å². The average molecular weight is 508 g/mol. The Morgan fingerprint density at radius 2 is 1.76 bits per heavy atom. The van der Waals surface area contributed by atoms with Gasteiger partial charge in [-0.15, -0.1) is 0 Å². The van der Waals surface area contributed by atoms with Gasteiger partial charge in [0.05, 0.1) is 6.61 Å². The number of rotatable bonds is 7. The predicted octanol–water partition coefficient (Wildman–Crippen LogP) is 5.31. The summed E-state index contributed by atoms with van der Waals surface area (Å²) in [4.78, 5) is 12.4. The van der Waals surface area contributed by atoms with Crippen molar-refractivity contribution in [1.82, 2.24) is 0 Å². The molecule has 1 aliphatic carbocycles. The first-order chi connectivity index (χ1) is 17.5. The fraction of sp³-hybridized carbons (Fsp3) is 0.452. The van der Waals surface area contributed by atoms with Crippen LogP contribution in [0.2, 0.25) is 0 Å². The second kappa shape index (κ2) is 12.7. The van der Waals surface area contributed by atoms with Crippen LogP contribution in [0.4, 0.5) is 5.69 Å². The van der Waals surface area contributed by atoms with E-state index < -0.39 is 24.4 Å². The van der Waals surface area contributed by atoms with E-state index in [2.05, 4.69) is 45.2 Å². The van der Waals surface area contributed by atoms with Gasteiger partial charge in [0.25, 0.3) is 0 Å². The molecular weight excluding hydrogens is 466 g/mol. The maximum absolute atomic E-state index is 12.4. The van der Waals surface area contributed by atoms with Crippen LogP contribution in [0.1, 0.15) is 65.5 Å². The van der Waals surface area contributed by atoms with E-state index in [4.69, 9.17) is 4.74 Å². The highest BCUT2D eigenvalue weighted by molar-refractivity contribution is 5.99. The van der Waals surface area contributed by atoms with Gasteiger partial charge < -0.3 is 25.4 Å². The molecule has 1 aromatic carbocycles. The number of anilines is 1. The molecule has 6 heteroatoms. The van der Waals surface area contributed by atoms with Crippen LogP contribution in [-0.2, 0) is 9.53 Å². The Kier molecular flexibility index (Phi) is 9.85. The number of hydrogen-bond acceptors (Lipinski definition) is 5. The smallest absolute Gasteiger partial charge is 0.248 e. The van der Waals surface area contributed by atoms with Gasteiger partial charge in [0.1, 0.15) is 24.4 Å². The number of hydrogen-bond donors (Lipinski definition) is 4. The van der Waals surface area contributed by atoms with Crippen molar-refractivity contribution in [2.75, 3.05) is 11.9 Å². The van der Waals surface area contributed by atoms with Crippen LogP contribution in [0.5, 0.6) is 0 Å². The minimum atomic E-state index is -1.26. The lowest BCUT2D eigenvalue weighted by molar-refractivity contribution is -0.189. The number of allylic oxidation sites excluding steroid dienone is 9. The summed E-state index contributed by atoms with van der Waals surface area (Å²) in [6.07, 6.45) is 11.1. The van der Waals surface area contributed by atoms with E-state index in [1.165, 1.54) is 36.5 Å². The van der Waals surface area contributed by atoms with Gasteiger partial charge >= 0.3 is 0 Å². The highest BCUT2D eigenvalue weighted by Crippen LogP contribution is 2.40. The highest BCUT2D eigenvalue weighted by Gasteiger charge is 2.38. The molecule has 0 bridgehead atoms. The summed E-state index contributed by atoms with van der Waals surface area (Å²) in [6, 6.07) is 6.86. The highest BCUT2D eigenvalue weighted by atomic mass is 16.5. The largest absolute Gasteiger partial charge is 0.388 e. The Morgan fingerprint density at radius 3 is 2.43 bits per heavy atom. The van der Waals surface area contributed by atoms with Gasteiger partial charge in [0, 0.05) is 11.8 Å². The molecule has 0 aromatic heterocycles. The van der Waals surface area contributed by atoms with Crippen molar-refractivity contribution < 1.29 is 24.9 Å². The number of amides is 1. The zero-order valence-corrected chi connectivity index (χ0v) is 22.6. The first kappa shape index (κ1) is 28.8. The predicted molar refractivity (Wildman–Crippen MR) is 148 cm³/mol. The first-order valence-electron chi connectivity index (χ1n) is 13.0. The Bertz CT molecular complexity index is 1110. The van der Waals surface area contributed by atoms with Crippen LogP contribution >= 0.6 is 0 Å². The van der Waals surface area contributed by atoms with Crippen LogP contribution in [0, 0.1) is 5.41 Å². The molecule has 4 atom stereocenters. The van der Waals surface area contributed by atoms with Crippen LogP contribution in [0.3, 0.4) is 0 Å². The average Bonchev–Trinajstić information content (AvgIpc) is 2.82. The maximum Gasteiger partial charge on any atom is 0.248 e. The van der Waals surface area contributed by atoms with Gasteiger partial charge in [0.2, 0.25) is 5.91 Å². The third kappa shape index (κ3) is 7.86. The molecule has 200 valence electrons. The number of carbonyl (C=O) groups excluding carboxylic acids is 1. The van der Waals surface area contributed by atoms with E-state index >= 15 is 0 Å². The zero-order valence-electron chi connectivity index (χ0n) is 22.6. The monoisotopic (exact) mass is 507 g/mol. The van der Waals surface area contributed by atoms with E-state index in [1.807, 2.05) is 25.2 Å². The molecule has 1 aliphatic heterocycles. The zero-order chi connectivity index (χ0) is 27.2. The van der Waals surface area contributed by atoms with E-state index in [0.717, 1.165) is 11.1 Å².